The molecule has 3 aromatic carbocycles. The van der Waals surface area contributed by atoms with Crippen LogP contribution in [0.4, 0.5) is 0 Å². The zero-order valence-electron chi connectivity index (χ0n) is 18.0. The smallest absolute Gasteiger partial charge is 0.252 e. The van der Waals surface area contributed by atoms with Gasteiger partial charge in [0.05, 0.1) is 18.0 Å². The van der Waals surface area contributed by atoms with E-state index in [9.17, 15) is 13.2 Å². The van der Waals surface area contributed by atoms with Crippen LogP contribution in [0.25, 0.3) is 0 Å². The summed E-state index contributed by atoms with van der Waals surface area (Å²) >= 11 is 0. The molecule has 31 heavy (non-hydrogen) atoms. The van der Waals surface area contributed by atoms with Gasteiger partial charge >= 0.3 is 0 Å². The molecule has 162 valence electrons. The maximum absolute atomic E-state index is 13.2. The molecular weight excluding hydrogens is 412 g/mol. The standard InChI is InChI=1S/C24H26N2O4S/c1-16-14-20(15-22(17(16)2)31(28,29)25-3)24(27)26-23(18-8-6-5-7-9-18)19-10-12-21(30-4)13-11-19/h5-15,23,25H,1-4H3,(H,26,27). The Bertz CT molecular complexity index is 1170. The Balaban J connectivity index is 2.01. The first kappa shape index (κ1) is 22.5. The summed E-state index contributed by atoms with van der Waals surface area (Å²) in [5.74, 6) is 0.360. The highest BCUT2D eigenvalue weighted by molar-refractivity contribution is 7.89. The summed E-state index contributed by atoms with van der Waals surface area (Å²) in [4.78, 5) is 13.3. The van der Waals surface area contributed by atoms with Crippen molar-refractivity contribution in [3.63, 3.8) is 0 Å². The molecular formula is C24H26N2O4S. The maximum Gasteiger partial charge on any atom is 0.252 e. The van der Waals surface area contributed by atoms with E-state index in [2.05, 4.69) is 10.0 Å². The number of ether oxygens (including phenoxy) is 1. The molecule has 6 nitrogen and oxygen atoms in total. The van der Waals surface area contributed by atoms with Gasteiger partial charge in [-0.15, -0.1) is 0 Å². The molecule has 0 saturated carbocycles. The number of hydrogen-bond acceptors (Lipinski definition) is 4. The normalized spacial score (nSPS) is 12.3. The summed E-state index contributed by atoms with van der Waals surface area (Å²) in [6.45, 7) is 3.52. The molecule has 1 unspecified atom stereocenters. The molecule has 0 bridgehead atoms. The first-order valence-electron chi connectivity index (χ1n) is 9.81. The molecule has 0 spiro atoms. The van der Waals surface area contributed by atoms with Crippen molar-refractivity contribution in [2.24, 2.45) is 0 Å². The SMILES string of the molecule is CNS(=O)(=O)c1cc(C(=O)NC(c2ccccc2)c2ccc(OC)cc2)cc(C)c1C. The van der Waals surface area contributed by atoms with Crippen molar-refractivity contribution >= 4 is 15.9 Å². The Kier molecular flexibility index (Phi) is 6.77. The van der Waals surface area contributed by atoms with E-state index in [-0.39, 0.29) is 16.4 Å². The lowest BCUT2D eigenvalue weighted by Crippen LogP contribution is -2.30. The van der Waals surface area contributed by atoms with Crippen LogP contribution in [-0.4, -0.2) is 28.5 Å². The Hall–Kier alpha value is -3.16. The summed E-state index contributed by atoms with van der Waals surface area (Å²) in [7, 11) is -0.739. The monoisotopic (exact) mass is 438 g/mol. The van der Waals surface area contributed by atoms with Crippen LogP contribution in [0.2, 0.25) is 0 Å². The predicted octanol–water partition coefficient (Wildman–Crippen LogP) is 3.74. The first-order valence-corrected chi connectivity index (χ1v) is 11.3. The second-order valence-electron chi connectivity index (χ2n) is 7.21. The summed E-state index contributed by atoms with van der Waals surface area (Å²) in [6, 6.07) is 19.8. The lowest BCUT2D eigenvalue weighted by Gasteiger charge is -2.21. The van der Waals surface area contributed by atoms with Crippen LogP contribution >= 0.6 is 0 Å². The number of aryl methyl sites for hydroxylation is 1. The minimum atomic E-state index is -3.69. The van der Waals surface area contributed by atoms with Crippen LogP contribution in [0.5, 0.6) is 5.75 Å². The molecule has 2 N–H and O–H groups in total. The molecule has 0 aromatic heterocycles. The second kappa shape index (κ2) is 9.32. The molecule has 1 amide bonds. The van der Waals surface area contributed by atoms with Crippen molar-refractivity contribution in [2.45, 2.75) is 24.8 Å². The van der Waals surface area contributed by atoms with E-state index in [4.69, 9.17) is 4.74 Å². The van der Waals surface area contributed by atoms with Crippen molar-refractivity contribution in [1.82, 2.24) is 10.0 Å². The highest BCUT2D eigenvalue weighted by Gasteiger charge is 2.22. The number of methoxy groups -OCH3 is 1. The Morgan fingerprint density at radius 3 is 2.13 bits per heavy atom. The van der Waals surface area contributed by atoms with Crippen LogP contribution in [-0.2, 0) is 10.0 Å². The molecule has 0 heterocycles. The van der Waals surface area contributed by atoms with Crippen molar-refractivity contribution < 1.29 is 17.9 Å². The predicted molar refractivity (Wildman–Crippen MR) is 121 cm³/mol. The number of sulfonamides is 1. The van der Waals surface area contributed by atoms with Crippen LogP contribution in [0.1, 0.15) is 38.7 Å². The van der Waals surface area contributed by atoms with Crippen LogP contribution in [0, 0.1) is 13.8 Å². The molecule has 3 aromatic rings. The third-order valence-electron chi connectivity index (χ3n) is 5.30. The van der Waals surface area contributed by atoms with Gasteiger partial charge in [0.1, 0.15) is 5.75 Å². The van der Waals surface area contributed by atoms with Gasteiger partial charge in [0.25, 0.3) is 5.91 Å². The van der Waals surface area contributed by atoms with E-state index >= 15 is 0 Å². The van der Waals surface area contributed by atoms with Crippen LogP contribution < -0.4 is 14.8 Å². The quantitative estimate of drug-likeness (QED) is 0.589. The van der Waals surface area contributed by atoms with Crippen molar-refractivity contribution in [3.8, 4) is 5.75 Å². The van der Waals surface area contributed by atoms with Gasteiger partial charge in [-0.05, 0) is 67.4 Å². The van der Waals surface area contributed by atoms with Gasteiger partial charge in [0.2, 0.25) is 10.0 Å². The fourth-order valence-corrected chi connectivity index (χ4v) is 4.43. The molecule has 7 heteroatoms. The van der Waals surface area contributed by atoms with Crippen LogP contribution in [0.3, 0.4) is 0 Å². The lowest BCUT2D eigenvalue weighted by molar-refractivity contribution is 0.0942. The number of hydrogen-bond donors (Lipinski definition) is 2. The summed E-state index contributed by atoms with van der Waals surface area (Å²) in [5.41, 5.74) is 3.41. The van der Waals surface area contributed by atoms with E-state index in [1.54, 1.807) is 27.0 Å². The van der Waals surface area contributed by atoms with E-state index in [0.717, 1.165) is 22.4 Å². The second-order valence-corrected chi connectivity index (χ2v) is 9.07. The zero-order valence-corrected chi connectivity index (χ0v) is 18.8. The fraction of sp³-hybridized carbons (Fsp3) is 0.208. The van der Waals surface area contributed by atoms with Gasteiger partial charge in [-0.25, -0.2) is 13.1 Å². The average Bonchev–Trinajstić information content (AvgIpc) is 2.79. The highest BCUT2D eigenvalue weighted by atomic mass is 32.2. The van der Waals surface area contributed by atoms with Gasteiger partial charge in [-0.2, -0.15) is 0 Å². The maximum atomic E-state index is 13.2. The fourth-order valence-electron chi connectivity index (χ4n) is 3.36. The Morgan fingerprint density at radius 2 is 1.55 bits per heavy atom. The van der Waals surface area contributed by atoms with Gasteiger partial charge < -0.3 is 10.1 Å². The van der Waals surface area contributed by atoms with Crippen molar-refractivity contribution in [3.05, 3.63) is 94.5 Å². The van der Waals surface area contributed by atoms with E-state index < -0.39 is 16.1 Å². The molecule has 0 fully saturated rings. The number of benzene rings is 3. The molecule has 1 atom stereocenters. The number of carbonyl (C=O) groups excluding carboxylic acids is 1. The van der Waals surface area contributed by atoms with Crippen LogP contribution in [0.15, 0.2) is 71.6 Å². The number of amides is 1. The minimum absolute atomic E-state index is 0.0980. The third kappa shape index (κ3) is 4.95. The molecule has 3 rings (SSSR count). The number of rotatable bonds is 7. The summed E-state index contributed by atoms with van der Waals surface area (Å²) in [6.07, 6.45) is 0. The Morgan fingerprint density at radius 1 is 0.935 bits per heavy atom. The minimum Gasteiger partial charge on any atom is -0.497 e. The number of nitrogens with one attached hydrogen (secondary N) is 2. The highest BCUT2D eigenvalue weighted by Crippen LogP contribution is 2.26. The molecule has 0 aliphatic rings. The van der Waals surface area contributed by atoms with Gasteiger partial charge in [-0.1, -0.05) is 42.5 Å². The molecule has 0 radical (unpaired) electrons. The number of carbonyl (C=O) groups is 1. The van der Waals surface area contributed by atoms with Gasteiger partial charge in [-0.3, -0.25) is 4.79 Å². The average molecular weight is 439 g/mol. The zero-order chi connectivity index (χ0) is 22.6. The van der Waals surface area contributed by atoms with Crippen molar-refractivity contribution in [1.29, 1.82) is 0 Å². The summed E-state index contributed by atoms with van der Waals surface area (Å²) < 4.78 is 32.4. The lowest BCUT2D eigenvalue weighted by atomic mass is 9.97. The first-order chi connectivity index (χ1) is 14.8. The summed E-state index contributed by atoms with van der Waals surface area (Å²) in [5, 5.41) is 3.05. The van der Waals surface area contributed by atoms with E-state index in [0.29, 0.717) is 5.56 Å². The van der Waals surface area contributed by atoms with Crippen molar-refractivity contribution in [2.75, 3.05) is 14.2 Å². The Labute approximate surface area is 183 Å². The van der Waals surface area contributed by atoms with Gasteiger partial charge in [0.15, 0.2) is 0 Å². The third-order valence-corrected chi connectivity index (χ3v) is 6.84. The van der Waals surface area contributed by atoms with Gasteiger partial charge in [0, 0.05) is 5.56 Å². The molecule has 0 aliphatic carbocycles. The van der Waals surface area contributed by atoms with E-state index in [1.165, 1.54) is 13.1 Å². The molecule has 0 aliphatic heterocycles. The van der Waals surface area contributed by atoms with E-state index in [1.807, 2.05) is 54.6 Å². The molecule has 0 saturated heterocycles. The topological polar surface area (TPSA) is 84.5 Å². The largest absolute Gasteiger partial charge is 0.497 e.